The predicted octanol–water partition coefficient (Wildman–Crippen LogP) is 9.19. The van der Waals surface area contributed by atoms with Gasteiger partial charge in [-0.05, 0) is 44.9 Å². The van der Waals surface area contributed by atoms with Gasteiger partial charge in [-0.15, -0.1) is 0 Å². The minimum atomic E-state index is -1.70. The standard InChI is InChI=1S/C55H102O14/c1-3-5-7-9-11-13-15-17-18-19-20-21-22-23-24-25-27-29-31-33-35-37-39-64-41-44(67-47(57)38-36-34-32-30-28-26-16-14-12-10-8-6-4-2)42-65-54-53(63)51(61)49(59)46(69-54)43-66-55-52(62)50(60)48(58)45(40-56)68-55/h15,17,19-20,44-46,48-56,58-63H,3-14,16,18,21-43H2,1-2H3/b17-15-,20-19-. The molecular weight excluding hydrogens is 885 g/mol. The number of carbonyl (C=O) groups excluding carboxylic acids is 1. The van der Waals surface area contributed by atoms with Crippen molar-refractivity contribution in [1.29, 1.82) is 0 Å². The maximum atomic E-state index is 13.0. The molecular formula is C55H102O14. The van der Waals surface area contributed by atoms with Crippen LogP contribution in [-0.4, -0.2) is 142 Å². The van der Waals surface area contributed by atoms with Crippen LogP contribution in [0.1, 0.15) is 219 Å². The molecule has 0 saturated carbocycles. The molecule has 69 heavy (non-hydrogen) atoms. The topological polar surface area (TPSA) is 214 Å². The lowest BCUT2D eigenvalue weighted by molar-refractivity contribution is -0.332. The molecule has 0 aromatic rings. The Morgan fingerprint density at radius 3 is 1.39 bits per heavy atom. The van der Waals surface area contributed by atoms with Gasteiger partial charge in [-0.3, -0.25) is 4.79 Å². The molecule has 11 unspecified atom stereocenters. The highest BCUT2D eigenvalue weighted by molar-refractivity contribution is 5.69. The monoisotopic (exact) mass is 987 g/mol. The summed E-state index contributed by atoms with van der Waals surface area (Å²) < 4.78 is 34.3. The number of aliphatic hydroxyl groups excluding tert-OH is 7. The molecule has 2 aliphatic heterocycles. The first-order valence-corrected chi connectivity index (χ1v) is 27.9. The molecule has 0 aliphatic carbocycles. The van der Waals surface area contributed by atoms with E-state index in [0.29, 0.717) is 13.0 Å². The number of allylic oxidation sites excluding steroid dienone is 4. The number of hydrogen-bond donors (Lipinski definition) is 7. The molecule has 0 radical (unpaired) electrons. The van der Waals surface area contributed by atoms with Crippen LogP contribution in [0.4, 0.5) is 0 Å². The molecule has 0 aromatic heterocycles. The highest BCUT2D eigenvalue weighted by Crippen LogP contribution is 2.27. The third-order valence-corrected chi connectivity index (χ3v) is 13.5. The van der Waals surface area contributed by atoms with Crippen molar-refractivity contribution in [3.63, 3.8) is 0 Å². The molecule has 0 spiro atoms. The van der Waals surface area contributed by atoms with E-state index in [9.17, 15) is 40.5 Å². The second-order valence-corrected chi connectivity index (χ2v) is 19.8. The average molecular weight is 987 g/mol. The van der Waals surface area contributed by atoms with E-state index in [1.54, 1.807) is 0 Å². The molecule has 14 nitrogen and oxygen atoms in total. The summed E-state index contributed by atoms with van der Waals surface area (Å²) in [6, 6.07) is 0. The van der Waals surface area contributed by atoms with Crippen molar-refractivity contribution in [1.82, 2.24) is 0 Å². The van der Waals surface area contributed by atoms with Gasteiger partial charge in [-0.2, -0.15) is 0 Å². The molecule has 2 fully saturated rings. The van der Waals surface area contributed by atoms with Crippen LogP contribution in [0.2, 0.25) is 0 Å². The van der Waals surface area contributed by atoms with Crippen LogP contribution in [0.25, 0.3) is 0 Å². The van der Waals surface area contributed by atoms with Crippen LogP contribution in [0, 0.1) is 0 Å². The largest absolute Gasteiger partial charge is 0.457 e. The average Bonchev–Trinajstić information content (AvgIpc) is 3.35. The Morgan fingerprint density at radius 1 is 0.478 bits per heavy atom. The van der Waals surface area contributed by atoms with Crippen molar-refractivity contribution in [3.8, 4) is 0 Å². The SMILES string of the molecule is CCCCCCC/C=C\C/C=C\CCCCCCCCCCCCOCC(COC1OC(COC2OC(CO)C(O)C(O)C2O)C(O)C(O)C1O)OC(=O)CCCCCCCCCCCCCCC. The Balaban J connectivity index is 1.71. The van der Waals surface area contributed by atoms with E-state index in [4.69, 9.17) is 28.4 Å². The number of esters is 1. The number of hydrogen-bond acceptors (Lipinski definition) is 14. The fraction of sp³-hybridized carbons (Fsp3) is 0.909. The van der Waals surface area contributed by atoms with Gasteiger partial charge in [0.25, 0.3) is 0 Å². The van der Waals surface area contributed by atoms with Crippen molar-refractivity contribution in [2.45, 2.75) is 287 Å². The van der Waals surface area contributed by atoms with Crippen LogP contribution < -0.4 is 0 Å². The Kier molecular flexibility index (Phi) is 39.6. The third kappa shape index (κ3) is 30.3. The zero-order valence-electron chi connectivity index (χ0n) is 43.3. The fourth-order valence-corrected chi connectivity index (χ4v) is 8.90. The van der Waals surface area contributed by atoms with Crippen molar-refractivity contribution in [2.75, 3.05) is 33.0 Å². The number of carbonyl (C=O) groups is 1. The first kappa shape index (κ1) is 63.6. The van der Waals surface area contributed by atoms with E-state index < -0.39 is 80.7 Å². The van der Waals surface area contributed by atoms with Gasteiger partial charge in [0.05, 0.1) is 26.4 Å². The predicted molar refractivity (Wildman–Crippen MR) is 270 cm³/mol. The number of aliphatic hydroxyl groups is 7. The van der Waals surface area contributed by atoms with Gasteiger partial charge in [0, 0.05) is 13.0 Å². The molecule has 406 valence electrons. The van der Waals surface area contributed by atoms with E-state index >= 15 is 0 Å². The lowest BCUT2D eigenvalue weighted by atomic mass is 9.98. The maximum Gasteiger partial charge on any atom is 0.306 e. The molecule has 0 aromatic carbocycles. The molecule has 0 amide bonds. The summed E-state index contributed by atoms with van der Waals surface area (Å²) in [7, 11) is 0. The Bertz CT molecular complexity index is 1240. The number of rotatable bonds is 45. The second kappa shape index (κ2) is 42.9. The van der Waals surface area contributed by atoms with Crippen LogP contribution in [0.3, 0.4) is 0 Å². The first-order chi connectivity index (χ1) is 33.6. The van der Waals surface area contributed by atoms with Gasteiger partial charge in [0.2, 0.25) is 0 Å². The summed E-state index contributed by atoms with van der Waals surface area (Å²) in [5.41, 5.74) is 0. The zero-order valence-corrected chi connectivity index (χ0v) is 43.3. The minimum Gasteiger partial charge on any atom is -0.457 e. The smallest absolute Gasteiger partial charge is 0.306 e. The van der Waals surface area contributed by atoms with Crippen LogP contribution in [0.5, 0.6) is 0 Å². The van der Waals surface area contributed by atoms with E-state index in [0.717, 1.165) is 44.9 Å². The van der Waals surface area contributed by atoms with Crippen molar-refractivity contribution >= 4 is 5.97 Å². The highest BCUT2D eigenvalue weighted by Gasteiger charge is 2.47. The number of ether oxygens (including phenoxy) is 6. The van der Waals surface area contributed by atoms with Gasteiger partial charge in [0.15, 0.2) is 12.6 Å². The maximum absolute atomic E-state index is 13.0. The molecule has 7 N–H and O–H groups in total. The summed E-state index contributed by atoms with van der Waals surface area (Å²) in [5.74, 6) is -0.375. The molecule has 0 bridgehead atoms. The zero-order chi connectivity index (χ0) is 50.2. The van der Waals surface area contributed by atoms with Crippen molar-refractivity contribution < 1.29 is 69.0 Å². The van der Waals surface area contributed by atoms with E-state index in [2.05, 4.69) is 38.2 Å². The van der Waals surface area contributed by atoms with Gasteiger partial charge >= 0.3 is 5.97 Å². The highest BCUT2D eigenvalue weighted by atomic mass is 16.7. The van der Waals surface area contributed by atoms with Gasteiger partial charge in [-0.1, -0.05) is 192 Å². The summed E-state index contributed by atoms with van der Waals surface area (Å²) in [6.45, 7) is 3.70. The molecule has 11 atom stereocenters. The number of unbranched alkanes of at least 4 members (excludes halogenated alkanes) is 27. The van der Waals surface area contributed by atoms with Gasteiger partial charge < -0.3 is 64.2 Å². The Hall–Kier alpha value is -1.53. The second-order valence-electron chi connectivity index (χ2n) is 19.8. The fourth-order valence-electron chi connectivity index (χ4n) is 8.90. The molecule has 2 rings (SSSR count). The molecule has 2 heterocycles. The summed E-state index contributed by atoms with van der Waals surface area (Å²) in [6.07, 6.45) is 31.0. The quantitative estimate of drug-likeness (QED) is 0.0172. The first-order valence-electron chi connectivity index (χ1n) is 27.9. The molecule has 14 heteroatoms. The van der Waals surface area contributed by atoms with Crippen molar-refractivity contribution in [3.05, 3.63) is 24.3 Å². The van der Waals surface area contributed by atoms with Crippen LogP contribution in [-0.2, 0) is 33.2 Å². The van der Waals surface area contributed by atoms with E-state index in [1.165, 1.54) is 148 Å². The molecule has 2 aliphatic rings. The lowest BCUT2D eigenvalue weighted by Crippen LogP contribution is -2.61. The molecule has 2 saturated heterocycles. The van der Waals surface area contributed by atoms with E-state index in [-0.39, 0.29) is 25.6 Å². The van der Waals surface area contributed by atoms with Gasteiger partial charge in [0.1, 0.15) is 54.9 Å². The normalized spacial score (nSPS) is 25.8. The third-order valence-electron chi connectivity index (χ3n) is 13.5. The summed E-state index contributed by atoms with van der Waals surface area (Å²) in [5, 5.41) is 72.2. The van der Waals surface area contributed by atoms with Crippen molar-refractivity contribution in [2.24, 2.45) is 0 Å². The summed E-state index contributed by atoms with van der Waals surface area (Å²) >= 11 is 0. The van der Waals surface area contributed by atoms with Crippen LogP contribution >= 0.6 is 0 Å². The van der Waals surface area contributed by atoms with Gasteiger partial charge in [-0.25, -0.2) is 0 Å². The lowest BCUT2D eigenvalue weighted by Gasteiger charge is -2.42. The minimum absolute atomic E-state index is 0.0636. The Labute approximate surface area is 417 Å². The summed E-state index contributed by atoms with van der Waals surface area (Å²) in [4.78, 5) is 13.0. The Morgan fingerprint density at radius 2 is 0.899 bits per heavy atom. The van der Waals surface area contributed by atoms with E-state index in [1.807, 2.05) is 0 Å². The van der Waals surface area contributed by atoms with Crippen LogP contribution in [0.15, 0.2) is 24.3 Å².